The topological polar surface area (TPSA) is 101 Å². The van der Waals surface area contributed by atoms with Crippen LogP contribution < -0.4 is 15.5 Å². The fourth-order valence-corrected chi connectivity index (χ4v) is 5.10. The SMILES string of the molecule is CN1CCC(NC(=O)c2cnc(C(C)(C)C)s2)c2ccc(-c3ccnc(Nc4cnn(C)c4)n3)cc21. The third-order valence-electron chi connectivity index (χ3n) is 6.16. The number of hydrogen-bond donors (Lipinski definition) is 2. The number of amides is 1. The van der Waals surface area contributed by atoms with E-state index in [1.54, 1.807) is 23.3 Å². The van der Waals surface area contributed by atoms with Crippen LogP contribution in [0.5, 0.6) is 0 Å². The molecule has 1 unspecified atom stereocenters. The second-order valence-electron chi connectivity index (χ2n) is 10.1. The highest BCUT2D eigenvalue weighted by atomic mass is 32.1. The molecule has 0 saturated carbocycles. The van der Waals surface area contributed by atoms with Gasteiger partial charge in [0.1, 0.15) is 4.88 Å². The molecule has 1 aromatic carbocycles. The Morgan fingerprint density at radius 2 is 1.97 bits per heavy atom. The van der Waals surface area contributed by atoms with Crippen LogP contribution in [0.3, 0.4) is 0 Å². The van der Waals surface area contributed by atoms with Crippen molar-refractivity contribution in [3.05, 3.63) is 64.5 Å². The number of fused-ring (bicyclic) bond motifs is 1. The number of anilines is 3. The first-order valence-electron chi connectivity index (χ1n) is 11.9. The van der Waals surface area contributed by atoms with Gasteiger partial charge in [-0.2, -0.15) is 5.10 Å². The van der Waals surface area contributed by atoms with Gasteiger partial charge in [0, 0.05) is 49.7 Å². The van der Waals surface area contributed by atoms with E-state index >= 15 is 0 Å². The van der Waals surface area contributed by atoms with Gasteiger partial charge in [-0.3, -0.25) is 9.48 Å². The van der Waals surface area contributed by atoms with Crippen LogP contribution in [-0.4, -0.2) is 44.2 Å². The van der Waals surface area contributed by atoms with Crippen molar-refractivity contribution in [1.29, 1.82) is 0 Å². The maximum Gasteiger partial charge on any atom is 0.263 e. The van der Waals surface area contributed by atoms with Crippen molar-refractivity contribution in [3.8, 4) is 11.3 Å². The predicted octanol–water partition coefficient (Wildman–Crippen LogP) is 4.69. The molecule has 186 valence electrons. The third-order valence-corrected chi connectivity index (χ3v) is 7.58. The number of aryl methyl sites for hydroxylation is 1. The highest BCUT2D eigenvalue weighted by molar-refractivity contribution is 7.13. The van der Waals surface area contributed by atoms with Crippen molar-refractivity contribution in [2.24, 2.45) is 7.05 Å². The first-order chi connectivity index (χ1) is 17.2. The average molecular weight is 503 g/mol. The van der Waals surface area contributed by atoms with Crippen LogP contribution in [0.2, 0.25) is 0 Å². The van der Waals surface area contributed by atoms with Crippen LogP contribution >= 0.6 is 11.3 Å². The smallest absolute Gasteiger partial charge is 0.263 e. The van der Waals surface area contributed by atoms with Crippen LogP contribution in [0.25, 0.3) is 11.3 Å². The predicted molar refractivity (Wildman–Crippen MR) is 143 cm³/mol. The van der Waals surface area contributed by atoms with Crippen molar-refractivity contribution in [2.45, 2.75) is 38.6 Å². The fraction of sp³-hybridized carbons (Fsp3) is 0.346. The summed E-state index contributed by atoms with van der Waals surface area (Å²) < 4.78 is 1.72. The molecule has 3 aromatic heterocycles. The lowest BCUT2D eigenvalue weighted by molar-refractivity contribution is 0.0938. The number of benzene rings is 1. The lowest BCUT2D eigenvalue weighted by Crippen LogP contribution is -2.36. The van der Waals surface area contributed by atoms with Crippen LogP contribution in [0.1, 0.15) is 53.5 Å². The zero-order valence-electron chi connectivity index (χ0n) is 21.1. The molecule has 0 radical (unpaired) electrons. The van der Waals surface area contributed by atoms with Crippen LogP contribution in [-0.2, 0) is 12.5 Å². The highest BCUT2D eigenvalue weighted by Crippen LogP contribution is 2.36. The van der Waals surface area contributed by atoms with Crippen LogP contribution in [0, 0.1) is 0 Å². The molecular weight excluding hydrogens is 472 g/mol. The van der Waals surface area contributed by atoms with Gasteiger partial charge in [0.05, 0.1) is 34.8 Å². The summed E-state index contributed by atoms with van der Waals surface area (Å²) in [4.78, 5) is 29.4. The van der Waals surface area contributed by atoms with Gasteiger partial charge in [0.25, 0.3) is 5.91 Å². The molecule has 0 aliphatic carbocycles. The number of rotatable bonds is 5. The molecule has 1 atom stereocenters. The number of aromatic nitrogens is 5. The largest absolute Gasteiger partial charge is 0.374 e. The van der Waals surface area contributed by atoms with Gasteiger partial charge in [0.2, 0.25) is 5.95 Å². The third kappa shape index (κ3) is 4.94. The highest BCUT2D eigenvalue weighted by Gasteiger charge is 2.27. The monoisotopic (exact) mass is 502 g/mol. The zero-order valence-corrected chi connectivity index (χ0v) is 21.9. The molecule has 0 bridgehead atoms. The molecule has 4 heterocycles. The molecule has 9 nitrogen and oxygen atoms in total. The van der Waals surface area contributed by atoms with E-state index < -0.39 is 0 Å². The number of hydrogen-bond acceptors (Lipinski definition) is 8. The normalized spacial score (nSPS) is 15.5. The molecular formula is C26H30N8OS. The molecule has 1 amide bonds. The van der Waals surface area contributed by atoms with Gasteiger partial charge in [-0.15, -0.1) is 11.3 Å². The number of nitrogens with one attached hydrogen (secondary N) is 2. The van der Waals surface area contributed by atoms with Crippen LogP contribution in [0.15, 0.2) is 49.1 Å². The van der Waals surface area contributed by atoms with E-state index in [1.807, 2.05) is 19.3 Å². The molecule has 5 rings (SSSR count). The van der Waals surface area contributed by atoms with Gasteiger partial charge in [-0.25, -0.2) is 15.0 Å². The Hall–Kier alpha value is -3.79. The summed E-state index contributed by atoms with van der Waals surface area (Å²) in [6, 6.07) is 8.11. The van der Waals surface area contributed by atoms with Gasteiger partial charge < -0.3 is 15.5 Å². The van der Waals surface area contributed by atoms with Crippen molar-refractivity contribution >= 4 is 34.6 Å². The summed E-state index contributed by atoms with van der Waals surface area (Å²) in [7, 11) is 3.94. The molecule has 4 aromatic rings. The Labute approximate surface area is 214 Å². The summed E-state index contributed by atoms with van der Waals surface area (Å²) in [5.41, 5.74) is 4.75. The quantitative estimate of drug-likeness (QED) is 0.408. The maximum atomic E-state index is 13.0. The van der Waals surface area contributed by atoms with Gasteiger partial charge in [-0.1, -0.05) is 32.9 Å². The van der Waals surface area contributed by atoms with Crippen molar-refractivity contribution in [1.82, 2.24) is 30.0 Å². The fourth-order valence-electron chi connectivity index (χ4n) is 4.23. The zero-order chi connectivity index (χ0) is 25.4. The van der Waals surface area contributed by atoms with E-state index in [-0.39, 0.29) is 17.4 Å². The second kappa shape index (κ2) is 9.34. The Morgan fingerprint density at radius 3 is 2.69 bits per heavy atom. The lowest BCUT2D eigenvalue weighted by atomic mass is 9.94. The maximum absolute atomic E-state index is 13.0. The minimum atomic E-state index is -0.0753. The van der Waals surface area contributed by atoms with Crippen molar-refractivity contribution in [2.75, 3.05) is 23.8 Å². The Morgan fingerprint density at radius 1 is 1.14 bits per heavy atom. The summed E-state index contributed by atoms with van der Waals surface area (Å²) in [6.45, 7) is 7.16. The summed E-state index contributed by atoms with van der Waals surface area (Å²) >= 11 is 1.46. The van der Waals surface area contributed by atoms with Crippen molar-refractivity contribution < 1.29 is 4.79 Å². The van der Waals surface area contributed by atoms with E-state index in [1.165, 1.54) is 11.3 Å². The van der Waals surface area contributed by atoms with Gasteiger partial charge >= 0.3 is 0 Å². The number of carbonyl (C=O) groups is 1. The Balaban J connectivity index is 1.37. The minimum absolute atomic E-state index is 0.0638. The number of carbonyl (C=O) groups excluding carboxylic acids is 1. The number of nitrogens with zero attached hydrogens (tertiary/aromatic N) is 6. The van der Waals surface area contributed by atoms with Gasteiger partial charge in [-0.05, 0) is 24.1 Å². The molecule has 1 aliphatic rings. The Bertz CT molecular complexity index is 1400. The molecule has 10 heteroatoms. The standard InChI is InChI=1S/C26H30N8OS/c1-26(2,3)24-28-14-22(36-24)23(35)31-20-9-11-33(4)21-12-16(6-7-18(20)21)19-8-10-27-25(32-19)30-17-13-29-34(5)15-17/h6-8,10,12-15,20H,9,11H2,1-5H3,(H,31,35)(H,27,30,32). The first kappa shape index (κ1) is 23.9. The van der Waals surface area contributed by atoms with Crippen molar-refractivity contribution in [3.63, 3.8) is 0 Å². The molecule has 0 saturated heterocycles. The summed E-state index contributed by atoms with van der Waals surface area (Å²) in [5, 5.41) is 11.6. The first-order valence-corrected chi connectivity index (χ1v) is 12.7. The lowest BCUT2D eigenvalue weighted by Gasteiger charge is -2.34. The molecule has 0 fully saturated rings. The van der Waals surface area contributed by atoms with E-state index in [2.05, 4.69) is 76.6 Å². The van der Waals surface area contributed by atoms with E-state index in [0.717, 1.165) is 46.2 Å². The van der Waals surface area contributed by atoms with Crippen LogP contribution in [0.4, 0.5) is 17.3 Å². The summed E-state index contributed by atoms with van der Waals surface area (Å²) in [5.74, 6) is 0.436. The second-order valence-corrected chi connectivity index (χ2v) is 11.1. The average Bonchev–Trinajstić information content (AvgIpc) is 3.50. The molecule has 2 N–H and O–H groups in total. The summed E-state index contributed by atoms with van der Waals surface area (Å²) in [6.07, 6.45) is 7.87. The Kier molecular flexibility index (Phi) is 6.21. The van der Waals surface area contributed by atoms with E-state index in [0.29, 0.717) is 10.8 Å². The molecule has 1 aliphatic heterocycles. The van der Waals surface area contributed by atoms with Gasteiger partial charge in [0.15, 0.2) is 0 Å². The molecule has 0 spiro atoms. The van der Waals surface area contributed by atoms with E-state index in [4.69, 9.17) is 4.98 Å². The number of thiazole rings is 1. The minimum Gasteiger partial charge on any atom is -0.374 e. The van der Waals surface area contributed by atoms with E-state index in [9.17, 15) is 4.79 Å². The molecule has 36 heavy (non-hydrogen) atoms.